The van der Waals surface area contributed by atoms with Gasteiger partial charge >= 0.3 is 5.97 Å². The highest BCUT2D eigenvalue weighted by Crippen LogP contribution is 2.39. The first kappa shape index (κ1) is 27.6. The van der Waals surface area contributed by atoms with E-state index in [2.05, 4.69) is 4.74 Å². The number of methoxy groups -OCH3 is 1. The number of esters is 1. The van der Waals surface area contributed by atoms with Crippen LogP contribution in [-0.4, -0.2) is 32.1 Å². The Labute approximate surface area is 225 Å². The average Bonchev–Trinajstić information content (AvgIpc) is 2.87. The van der Waals surface area contributed by atoms with E-state index in [-0.39, 0.29) is 24.7 Å². The largest absolute Gasteiger partial charge is 0.489 e. The molecule has 4 rings (SSSR count). The summed E-state index contributed by atoms with van der Waals surface area (Å²) >= 11 is 12.0. The Morgan fingerprint density at radius 1 is 1.06 bits per heavy atom. The van der Waals surface area contributed by atoms with Gasteiger partial charge in [-0.1, -0.05) is 47.5 Å². The number of hydrogen-bond donors (Lipinski definition) is 1. The van der Waals surface area contributed by atoms with Gasteiger partial charge in [0.05, 0.1) is 22.8 Å². The molecule has 36 heavy (non-hydrogen) atoms. The Balaban J connectivity index is 0.00000361. The number of nitrogens with two attached hydrogens (primary N) is 1. The van der Waals surface area contributed by atoms with Gasteiger partial charge in [-0.2, -0.15) is 0 Å². The predicted molar refractivity (Wildman–Crippen MR) is 141 cm³/mol. The lowest BCUT2D eigenvalue weighted by Crippen LogP contribution is -2.38. The quantitative estimate of drug-likeness (QED) is 0.409. The van der Waals surface area contributed by atoms with E-state index >= 15 is 0 Å². The topological polar surface area (TPSA) is 91.1 Å². The monoisotopic (exact) mass is 550 g/mol. The highest BCUT2D eigenvalue weighted by molar-refractivity contribution is 6.42. The SMILES string of the molecule is COC(=O)[C@@H](N)Cc1ccc2c(c1)N(C)C(=O)[C@H](c1ccc(OCc3ccc(Cl)c(Cl)c3)cc1)O2.Cl. The van der Waals surface area contributed by atoms with Crippen LogP contribution in [0.3, 0.4) is 0 Å². The number of anilines is 1. The van der Waals surface area contributed by atoms with Gasteiger partial charge in [-0.3, -0.25) is 9.59 Å². The maximum atomic E-state index is 13.1. The number of fused-ring (bicyclic) bond motifs is 1. The molecule has 1 amide bonds. The fourth-order valence-corrected chi connectivity index (χ4v) is 4.08. The molecule has 0 spiro atoms. The summed E-state index contributed by atoms with van der Waals surface area (Å²) in [6, 6.07) is 17.1. The molecule has 3 aromatic carbocycles. The first-order valence-corrected chi connectivity index (χ1v) is 11.6. The van der Waals surface area contributed by atoms with Gasteiger partial charge in [-0.25, -0.2) is 0 Å². The molecule has 0 bridgehead atoms. The minimum Gasteiger partial charge on any atom is -0.489 e. The molecule has 0 aliphatic carbocycles. The van der Waals surface area contributed by atoms with Crippen molar-refractivity contribution in [1.82, 2.24) is 0 Å². The molecule has 2 N–H and O–H groups in total. The van der Waals surface area contributed by atoms with E-state index in [0.29, 0.717) is 39.4 Å². The van der Waals surface area contributed by atoms with Crippen molar-refractivity contribution < 1.29 is 23.8 Å². The Hall–Kier alpha value is -2.97. The summed E-state index contributed by atoms with van der Waals surface area (Å²) in [4.78, 5) is 26.3. The van der Waals surface area contributed by atoms with E-state index in [0.717, 1.165) is 11.1 Å². The number of amides is 1. The third-order valence-corrected chi connectivity index (χ3v) is 6.46. The van der Waals surface area contributed by atoms with Crippen molar-refractivity contribution in [3.8, 4) is 11.5 Å². The van der Waals surface area contributed by atoms with Crippen LogP contribution in [0, 0.1) is 0 Å². The summed E-state index contributed by atoms with van der Waals surface area (Å²) in [6.45, 7) is 0.327. The molecule has 10 heteroatoms. The lowest BCUT2D eigenvalue weighted by Gasteiger charge is -2.32. The smallest absolute Gasteiger partial charge is 0.322 e. The fraction of sp³-hybridized carbons (Fsp3) is 0.231. The zero-order valence-electron chi connectivity index (χ0n) is 19.6. The van der Waals surface area contributed by atoms with E-state index in [1.54, 1.807) is 60.5 Å². The number of ether oxygens (including phenoxy) is 3. The summed E-state index contributed by atoms with van der Waals surface area (Å²) in [6.07, 6.45) is -0.505. The Morgan fingerprint density at radius 3 is 2.42 bits per heavy atom. The van der Waals surface area contributed by atoms with Crippen LogP contribution in [0.25, 0.3) is 0 Å². The van der Waals surface area contributed by atoms with Crippen LogP contribution in [-0.2, 0) is 27.4 Å². The molecule has 0 unspecified atom stereocenters. The van der Waals surface area contributed by atoms with Crippen LogP contribution < -0.4 is 20.1 Å². The molecule has 0 saturated carbocycles. The first-order valence-electron chi connectivity index (χ1n) is 10.8. The minimum atomic E-state index is -0.792. The third kappa shape index (κ3) is 6.05. The van der Waals surface area contributed by atoms with Crippen molar-refractivity contribution in [3.63, 3.8) is 0 Å². The summed E-state index contributed by atoms with van der Waals surface area (Å²) in [5.41, 5.74) is 8.87. The number of nitrogens with zero attached hydrogens (tertiary/aromatic N) is 1. The number of likely N-dealkylation sites (N-methyl/N-ethyl adjacent to an activating group) is 1. The fourth-order valence-electron chi connectivity index (χ4n) is 3.76. The molecular formula is C26H25Cl3N2O5. The molecular weight excluding hydrogens is 527 g/mol. The van der Waals surface area contributed by atoms with Crippen LogP contribution in [0.2, 0.25) is 10.0 Å². The summed E-state index contributed by atoms with van der Waals surface area (Å²) < 4.78 is 16.5. The molecule has 3 aromatic rings. The van der Waals surface area contributed by atoms with Crippen LogP contribution in [0.5, 0.6) is 11.5 Å². The van der Waals surface area contributed by atoms with Gasteiger partial charge in [0.25, 0.3) is 5.91 Å². The zero-order chi connectivity index (χ0) is 25.1. The summed E-state index contributed by atoms with van der Waals surface area (Å²) in [7, 11) is 2.99. The predicted octanol–water partition coefficient (Wildman–Crippen LogP) is 5.13. The van der Waals surface area contributed by atoms with Crippen molar-refractivity contribution in [2.45, 2.75) is 25.2 Å². The lowest BCUT2D eigenvalue weighted by molar-refractivity contribution is -0.142. The van der Waals surface area contributed by atoms with E-state index in [4.69, 9.17) is 38.4 Å². The second kappa shape index (κ2) is 11.8. The number of halogens is 3. The number of hydrogen-bond acceptors (Lipinski definition) is 6. The first-order chi connectivity index (χ1) is 16.8. The van der Waals surface area contributed by atoms with Crippen molar-refractivity contribution in [2.24, 2.45) is 5.73 Å². The summed E-state index contributed by atoms with van der Waals surface area (Å²) in [5, 5.41) is 0.961. The minimum absolute atomic E-state index is 0. The number of carbonyl (C=O) groups excluding carboxylic acids is 2. The van der Waals surface area contributed by atoms with Gasteiger partial charge < -0.3 is 24.8 Å². The second-order valence-electron chi connectivity index (χ2n) is 8.14. The number of benzene rings is 3. The van der Waals surface area contributed by atoms with Crippen LogP contribution >= 0.6 is 35.6 Å². The molecule has 0 fully saturated rings. The highest BCUT2D eigenvalue weighted by atomic mass is 35.5. The van der Waals surface area contributed by atoms with Crippen LogP contribution in [0.4, 0.5) is 5.69 Å². The molecule has 190 valence electrons. The van der Waals surface area contributed by atoms with E-state index < -0.39 is 18.1 Å². The zero-order valence-corrected chi connectivity index (χ0v) is 21.9. The number of carbonyl (C=O) groups is 2. The molecule has 7 nitrogen and oxygen atoms in total. The van der Waals surface area contributed by atoms with E-state index in [1.807, 2.05) is 12.1 Å². The standard InChI is InChI=1S/C26H24Cl2N2O5.ClH/c1-30-22-13-15(12-21(29)26(32)33-2)4-10-23(22)35-24(25(30)31)17-5-7-18(8-6-17)34-14-16-3-9-19(27)20(28)11-16;/h3-11,13,21,24H,12,14,29H2,1-2H3;1H/t21-,24-;/m0./s1. The molecule has 1 aliphatic rings. The Morgan fingerprint density at radius 2 is 1.75 bits per heavy atom. The molecule has 0 aromatic heterocycles. The molecule has 2 atom stereocenters. The Bertz CT molecular complexity index is 1250. The van der Waals surface area contributed by atoms with Crippen LogP contribution in [0.1, 0.15) is 22.8 Å². The molecule has 1 heterocycles. The molecule has 0 radical (unpaired) electrons. The van der Waals surface area contributed by atoms with Crippen molar-refractivity contribution in [3.05, 3.63) is 87.4 Å². The van der Waals surface area contributed by atoms with Gasteiger partial charge in [0, 0.05) is 12.6 Å². The molecule has 0 saturated heterocycles. The lowest BCUT2D eigenvalue weighted by atomic mass is 10.0. The third-order valence-electron chi connectivity index (χ3n) is 5.72. The van der Waals surface area contributed by atoms with Gasteiger partial charge in [-0.05, 0) is 53.9 Å². The van der Waals surface area contributed by atoms with Crippen molar-refractivity contribution in [2.75, 3.05) is 19.1 Å². The van der Waals surface area contributed by atoms with Gasteiger partial charge in [0.15, 0.2) is 0 Å². The van der Waals surface area contributed by atoms with Crippen molar-refractivity contribution in [1.29, 1.82) is 0 Å². The van der Waals surface area contributed by atoms with Gasteiger partial charge in [0.1, 0.15) is 24.1 Å². The highest BCUT2D eigenvalue weighted by Gasteiger charge is 2.33. The second-order valence-corrected chi connectivity index (χ2v) is 8.95. The van der Waals surface area contributed by atoms with E-state index in [9.17, 15) is 9.59 Å². The maximum Gasteiger partial charge on any atom is 0.322 e. The normalized spacial score (nSPS) is 15.3. The average molecular weight is 552 g/mol. The van der Waals surface area contributed by atoms with Gasteiger partial charge in [0.2, 0.25) is 6.10 Å². The van der Waals surface area contributed by atoms with Gasteiger partial charge in [-0.15, -0.1) is 12.4 Å². The van der Waals surface area contributed by atoms with Crippen LogP contribution in [0.15, 0.2) is 60.7 Å². The van der Waals surface area contributed by atoms with E-state index in [1.165, 1.54) is 7.11 Å². The number of rotatable bonds is 7. The maximum absolute atomic E-state index is 13.1. The Kier molecular flexibility index (Phi) is 9.08. The molecule has 1 aliphatic heterocycles. The summed E-state index contributed by atoms with van der Waals surface area (Å²) in [5.74, 6) is 0.500. The van der Waals surface area contributed by atoms with Crippen molar-refractivity contribution >= 4 is 53.2 Å².